The molecule has 0 aliphatic heterocycles. The molecule has 0 rings (SSSR count). The van der Waals surface area contributed by atoms with Crippen molar-refractivity contribution in [3.05, 3.63) is 0 Å². The third-order valence-electron chi connectivity index (χ3n) is 1.37. The van der Waals surface area contributed by atoms with Crippen molar-refractivity contribution in [1.29, 1.82) is 0 Å². The average molecular weight is 188 g/mol. The van der Waals surface area contributed by atoms with Gasteiger partial charge in [0.15, 0.2) is 0 Å². The predicted octanol–water partition coefficient (Wildman–Crippen LogP) is 2.84. The Morgan fingerprint density at radius 3 is 2.31 bits per heavy atom. The van der Waals surface area contributed by atoms with Gasteiger partial charge in [0, 0.05) is 6.42 Å². The zero-order chi connectivity index (χ0) is 10.3. The van der Waals surface area contributed by atoms with Gasteiger partial charge in [-0.05, 0) is 27.2 Å². The van der Waals surface area contributed by atoms with Crippen molar-refractivity contribution in [3.8, 4) is 0 Å². The first kappa shape index (κ1) is 12.4. The molecule has 0 aliphatic carbocycles. The summed E-state index contributed by atoms with van der Waals surface area (Å²) in [6, 6.07) is 0. The van der Waals surface area contributed by atoms with Gasteiger partial charge in [-0.2, -0.15) is 4.89 Å². The van der Waals surface area contributed by atoms with E-state index in [1.165, 1.54) is 0 Å². The second kappa shape index (κ2) is 5.97. The number of carbonyl (C=O) groups excluding carboxylic acids is 1. The Morgan fingerprint density at radius 1 is 1.23 bits per heavy atom. The van der Waals surface area contributed by atoms with Crippen molar-refractivity contribution in [2.75, 3.05) is 0 Å². The zero-order valence-electron chi connectivity index (χ0n) is 9.05. The van der Waals surface area contributed by atoms with Gasteiger partial charge >= 0.3 is 5.97 Å². The van der Waals surface area contributed by atoms with Gasteiger partial charge in [-0.25, -0.2) is 4.79 Å². The van der Waals surface area contributed by atoms with Crippen LogP contribution < -0.4 is 0 Å². The fourth-order valence-electron chi connectivity index (χ4n) is 0.732. The van der Waals surface area contributed by atoms with E-state index in [-0.39, 0.29) is 5.97 Å². The summed E-state index contributed by atoms with van der Waals surface area (Å²) in [5, 5.41) is 0. The van der Waals surface area contributed by atoms with Crippen LogP contribution in [0.1, 0.15) is 53.4 Å². The summed E-state index contributed by atoms with van der Waals surface area (Å²) in [4.78, 5) is 20.5. The summed E-state index contributed by atoms with van der Waals surface area (Å²) >= 11 is 0. The molecule has 0 aromatic heterocycles. The number of carbonyl (C=O) groups is 1. The van der Waals surface area contributed by atoms with Crippen LogP contribution in [0, 0.1) is 0 Å². The first-order chi connectivity index (χ1) is 5.95. The molecule has 3 heteroatoms. The maximum Gasteiger partial charge on any atom is 0.342 e. The van der Waals surface area contributed by atoms with Crippen LogP contribution in [0.15, 0.2) is 0 Å². The number of rotatable bonds is 5. The maximum absolute atomic E-state index is 11.0. The molecule has 0 aromatic carbocycles. The molecular formula is C10H20O3. The Kier molecular flexibility index (Phi) is 5.71. The quantitative estimate of drug-likeness (QED) is 0.378. The Bertz CT molecular complexity index is 147. The normalized spacial score (nSPS) is 11.4. The van der Waals surface area contributed by atoms with Crippen molar-refractivity contribution in [2.45, 2.75) is 59.0 Å². The van der Waals surface area contributed by atoms with Crippen LogP contribution >= 0.6 is 0 Å². The smallest absolute Gasteiger partial charge is 0.298 e. The van der Waals surface area contributed by atoms with Crippen LogP contribution in [-0.4, -0.2) is 11.6 Å². The molecule has 0 spiro atoms. The van der Waals surface area contributed by atoms with Crippen LogP contribution in [0.3, 0.4) is 0 Å². The lowest BCUT2D eigenvalue weighted by atomic mass is 10.2. The van der Waals surface area contributed by atoms with E-state index in [0.29, 0.717) is 6.42 Å². The summed E-state index contributed by atoms with van der Waals surface area (Å²) in [5.41, 5.74) is -0.416. The Morgan fingerprint density at radius 2 is 1.85 bits per heavy atom. The van der Waals surface area contributed by atoms with E-state index in [4.69, 9.17) is 4.89 Å². The second-order valence-electron chi connectivity index (χ2n) is 4.11. The van der Waals surface area contributed by atoms with Crippen molar-refractivity contribution in [1.82, 2.24) is 0 Å². The van der Waals surface area contributed by atoms with E-state index in [9.17, 15) is 4.79 Å². The van der Waals surface area contributed by atoms with Gasteiger partial charge in [-0.3, -0.25) is 4.89 Å². The first-order valence-electron chi connectivity index (χ1n) is 4.84. The van der Waals surface area contributed by atoms with E-state index in [1.807, 2.05) is 20.8 Å². The van der Waals surface area contributed by atoms with Crippen molar-refractivity contribution >= 4 is 5.97 Å². The molecule has 0 atom stereocenters. The summed E-state index contributed by atoms with van der Waals surface area (Å²) in [5.74, 6) is -0.275. The minimum atomic E-state index is -0.416. The standard InChI is InChI=1S/C10H20O3/c1-5-6-7-8-9(11)12-13-10(2,3)4/h5-8H2,1-4H3. The molecular weight excluding hydrogens is 168 g/mol. The van der Waals surface area contributed by atoms with Crippen LogP contribution in [0.2, 0.25) is 0 Å². The van der Waals surface area contributed by atoms with Crippen molar-refractivity contribution in [2.24, 2.45) is 0 Å². The molecule has 0 unspecified atom stereocenters. The zero-order valence-corrected chi connectivity index (χ0v) is 9.05. The van der Waals surface area contributed by atoms with E-state index >= 15 is 0 Å². The summed E-state index contributed by atoms with van der Waals surface area (Å²) in [7, 11) is 0. The van der Waals surface area contributed by atoms with Crippen LogP contribution in [0.25, 0.3) is 0 Å². The molecule has 0 saturated carbocycles. The Labute approximate surface area is 80.3 Å². The molecule has 0 radical (unpaired) electrons. The van der Waals surface area contributed by atoms with Crippen LogP contribution in [0.4, 0.5) is 0 Å². The Hall–Kier alpha value is -0.570. The van der Waals surface area contributed by atoms with E-state index in [2.05, 4.69) is 11.8 Å². The van der Waals surface area contributed by atoms with Gasteiger partial charge < -0.3 is 0 Å². The van der Waals surface area contributed by atoms with Crippen molar-refractivity contribution < 1.29 is 14.6 Å². The monoisotopic (exact) mass is 188 g/mol. The first-order valence-corrected chi connectivity index (χ1v) is 4.84. The molecule has 0 amide bonds. The lowest BCUT2D eigenvalue weighted by Gasteiger charge is -2.16. The topological polar surface area (TPSA) is 35.5 Å². The highest BCUT2D eigenvalue weighted by molar-refractivity contribution is 5.68. The van der Waals surface area contributed by atoms with Gasteiger partial charge in [0.05, 0.1) is 0 Å². The van der Waals surface area contributed by atoms with E-state index in [0.717, 1.165) is 19.3 Å². The highest BCUT2D eigenvalue weighted by Gasteiger charge is 2.14. The molecule has 0 bridgehead atoms. The van der Waals surface area contributed by atoms with E-state index in [1.54, 1.807) is 0 Å². The van der Waals surface area contributed by atoms with Gasteiger partial charge in [0.2, 0.25) is 0 Å². The molecule has 0 N–H and O–H groups in total. The average Bonchev–Trinajstić information content (AvgIpc) is 2.00. The molecule has 0 aliphatic rings. The SMILES string of the molecule is CCCCCC(=O)OOC(C)(C)C. The minimum Gasteiger partial charge on any atom is -0.298 e. The second-order valence-corrected chi connectivity index (χ2v) is 4.11. The molecule has 3 nitrogen and oxygen atoms in total. The highest BCUT2D eigenvalue weighted by atomic mass is 17.2. The van der Waals surface area contributed by atoms with Gasteiger partial charge in [0.25, 0.3) is 0 Å². The lowest BCUT2D eigenvalue weighted by molar-refractivity contribution is -0.320. The van der Waals surface area contributed by atoms with Gasteiger partial charge in [0.1, 0.15) is 5.60 Å². The van der Waals surface area contributed by atoms with Gasteiger partial charge in [-0.1, -0.05) is 19.8 Å². The third kappa shape index (κ3) is 9.34. The largest absolute Gasteiger partial charge is 0.342 e. The Balaban J connectivity index is 3.41. The van der Waals surface area contributed by atoms with Crippen LogP contribution in [-0.2, 0) is 14.6 Å². The summed E-state index contributed by atoms with van der Waals surface area (Å²) in [6.45, 7) is 7.61. The fraction of sp³-hybridized carbons (Fsp3) is 0.900. The highest BCUT2D eigenvalue weighted by Crippen LogP contribution is 2.08. The fourth-order valence-corrected chi connectivity index (χ4v) is 0.732. The number of unbranched alkanes of at least 4 members (excludes halogenated alkanes) is 2. The molecule has 0 aromatic rings. The lowest BCUT2D eigenvalue weighted by Crippen LogP contribution is -2.21. The number of hydrogen-bond donors (Lipinski definition) is 0. The van der Waals surface area contributed by atoms with E-state index < -0.39 is 5.60 Å². The van der Waals surface area contributed by atoms with Gasteiger partial charge in [-0.15, -0.1) is 0 Å². The predicted molar refractivity (Wildman–Crippen MR) is 51.1 cm³/mol. The van der Waals surface area contributed by atoms with Crippen LogP contribution in [0.5, 0.6) is 0 Å². The molecule has 78 valence electrons. The summed E-state index contributed by atoms with van der Waals surface area (Å²) < 4.78 is 0. The number of hydrogen-bond acceptors (Lipinski definition) is 3. The third-order valence-corrected chi connectivity index (χ3v) is 1.37. The maximum atomic E-state index is 11.0. The molecule has 13 heavy (non-hydrogen) atoms. The molecule has 0 heterocycles. The molecule has 0 saturated heterocycles. The minimum absolute atomic E-state index is 0.275. The summed E-state index contributed by atoms with van der Waals surface area (Å²) in [6.07, 6.45) is 3.49. The van der Waals surface area contributed by atoms with Crippen molar-refractivity contribution in [3.63, 3.8) is 0 Å². The molecule has 0 fully saturated rings.